The lowest BCUT2D eigenvalue weighted by molar-refractivity contribution is 0.141. The van der Waals surface area contributed by atoms with Gasteiger partial charge in [0, 0.05) is 17.9 Å². The normalized spacial score (nSPS) is 15.3. The lowest BCUT2D eigenvalue weighted by Gasteiger charge is -2.20. The number of ether oxygens (including phenoxy) is 1. The Bertz CT molecular complexity index is 292. The van der Waals surface area contributed by atoms with E-state index < -0.39 is 0 Å². The topological polar surface area (TPSA) is 34.2 Å². The molecule has 0 spiro atoms. The lowest BCUT2D eigenvalue weighted by atomic mass is 10.0. The van der Waals surface area contributed by atoms with Crippen molar-refractivity contribution in [2.24, 2.45) is 5.92 Å². The van der Waals surface area contributed by atoms with Gasteiger partial charge in [0.05, 0.1) is 18.3 Å². The van der Waals surface area contributed by atoms with Gasteiger partial charge < -0.3 is 10.1 Å². The fraction of sp³-hybridized carbons (Fsp3) is 0.727. The Hall–Kier alpha value is -0.450. The van der Waals surface area contributed by atoms with E-state index in [0.717, 1.165) is 17.3 Å². The highest BCUT2D eigenvalue weighted by atomic mass is 32.1. The van der Waals surface area contributed by atoms with Crippen molar-refractivity contribution >= 4 is 11.3 Å². The maximum Gasteiger partial charge on any atom is 0.110 e. The van der Waals surface area contributed by atoms with Crippen LogP contribution in [0.2, 0.25) is 0 Å². The summed E-state index contributed by atoms with van der Waals surface area (Å²) in [6.07, 6.45) is 0. The molecule has 1 aromatic rings. The SMILES string of the molecule is CNC(c1nc(C)c(C)s1)C(C)COC. The number of nitrogens with one attached hydrogen (secondary N) is 1. The van der Waals surface area contributed by atoms with Gasteiger partial charge in [-0.15, -0.1) is 11.3 Å². The monoisotopic (exact) mass is 228 g/mol. The molecule has 0 aromatic carbocycles. The van der Waals surface area contributed by atoms with E-state index in [1.165, 1.54) is 4.88 Å². The Balaban J connectivity index is 2.82. The molecule has 0 radical (unpaired) electrons. The van der Waals surface area contributed by atoms with Crippen LogP contribution in [-0.4, -0.2) is 25.7 Å². The molecule has 0 saturated carbocycles. The number of aromatic nitrogens is 1. The zero-order chi connectivity index (χ0) is 11.4. The summed E-state index contributed by atoms with van der Waals surface area (Å²) in [5.41, 5.74) is 1.14. The second-order valence-electron chi connectivity index (χ2n) is 3.89. The van der Waals surface area contributed by atoms with Crippen LogP contribution in [0.1, 0.15) is 28.5 Å². The van der Waals surface area contributed by atoms with Gasteiger partial charge in [-0.05, 0) is 20.9 Å². The third-order valence-corrected chi connectivity index (χ3v) is 3.78. The van der Waals surface area contributed by atoms with Crippen molar-refractivity contribution in [3.8, 4) is 0 Å². The van der Waals surface area contributed by atoms with E-state index in [1.54, 1.807) is 18.4 Å². The van der Waals surface area contributed by atoms with Crippen LogP contribution in [0.15, 0.2) is 0 Å². The average Bonchev–Trinajstić information content (AvgIpc) is 2.48. The van der Waals surface area contributed by atoms with Gasteiger partial charge in [0.2, 0.25) is 0 Å². The van der Waals surface area contributed by atoms with Crippen molar-refractivity contribution in [2.75, 3.05) is 20.8 Å². The molecule has 0 bridgehead atoms. The van der Waals surface area contributed by atoms with E-state index in [4.69, 9.17) is 4.74 Å². The molecule has 1 N–H and O–H groups in total. The van der Waals surface area contributed by atoms with E-state index in [9.17, 15) is 0 Å². The van der Waals surface area contributed by atoms with Crippen LogP contribution in [0.3, 0.4) is 0 Å². The van der Waals surface area contributed by atoms with E-state index in [1.807, 2.05) is 7.05 Å². The Kier molecular flexibility index (Phi) is 4.70. The fourth-order valence-corrected chi connectivity index (χ4v) is 2.81. The van der Waals surface area contributed by atoms with Gasteiger partial charge in [0.1, 0.15) is 5.01 Å². The van der Waals surface area contributed by atoms with Crippen LogP contribution in [0.25, 0.3) is 0 Å². The van der Waals surface area contributed by atoms with Gasteiger partial charge >= 0.3 is 0 Å². The molecule has 1 aromatic heterocycles. The number of hydrogen-bond donors (Lipinski definition) is 1. The van der Waals surface area contributed by atoms with Crippen LogP contribution in [0, 0.1) is 19.8 Å². The van der Waals surface area contributed by atoms with Crippen molar-refractivity contribution in [2.45, 2.75) is 26.8 Å². The van der Waals surface area contributed by atoms with Crippen LogP contribution in [-0.2, 0) is 4.74 Å². The van der Waals surface area contributed by atoms with Crippen molar-refractivity contribution < 1.29 is 4.74 Å². The van der Waals surface area contributed by atoms with E-state index in [-0.39, 0.29) is 0 Å². The lowest BCUT2D eigenvalue weighted by Crippen LogP contribution is -2.26. The summed E-state index contributed by atoms with van der Waals surface area (Å²) in [5.74, 6) is 0.435. The first-order chi connectivity index (χ1) is 7.10. The molecule has 0 aliphatic heterocycles. The number of aryl methyl sites for hydroxylation is 2. The highest BCUT2D eigenvalue weighted by Crippen LogP contribution is 2.27. The minimum atomic E-state index is 0.294. The molecule has 1 rings (SSSR count). The van der Waals surface area contributed by atoms with Crippen molar-refractivity contribution in [1.82, 2.24) is 10.3 Å². The van der Waals surface area contributed by atoms with Crippen molar-refractivity contribution in [3.05, 3.63) is 15.6 Å². The van der Waals surface area contributed by atoms with E-state index in [2.05, 4.69) is 31.1 Å². The summed E-state index contributed by atoms with van der Waals surface area (Å²) < 4.78 is 5.18. The number of thiazole rings is 1. The summed E-state index contributed by atoms with van der Waals surface area (Å²) >= 11 is 1.77. The second kappa shape index (κ2) is 5.58. The predicted molar refractivity (Wildman–Crippen MR) is 64.4 cm³/mol. The summed E-state index contributed by atoms with van der Waals surface area (Å²) in [6.45, 7) is 7.10. The Morgan fingerprint density at radius 1 is 1.47 bits per heavy atom. The molecule has 0 saturated heterocycles. The van der Waals surface area contributed by atoms with Crippen molar-refractivity contribution in [1.29, 1.82) is 0 Å². The molecular formula is C11H20N2OS. The second-order valence-corrected chi connectivity index (χ2v) is 5.13. The van der Waals surface area contributed by atoms with Gasteiger partial charge in [-0.3, -0.25) is 0 Å². The molecule has 0 aliphatic rings. The van der Waals surface area contributed by atoms with Gasteiger partial charge in [-0.1, -0.05) is 6.92 Å². The number of nitrogens with zero attached hydrogens (tertiary/aromatic N) is 1. The molecule has 2 atom stereocenters. The van der Waals surface area contributed by atoms with Gasteiger partial charge in [0.25, 0.3) is 0 Å². The first kappa shape index (κ1) is 12.6. The minimum absolute atomic E-state index is 0.294. The fourth-order valence-electron chi connectivity index (χ4n) is 1.64. The maximum atomic E-state index is 5.18. The Morgan fingerprint density at radius 3 is 2.53 bits per heavy atom. The quantitative estimate of drug-likeness (QED) is 0.839. The first-order valence-corrected chi connectivity index (χ1v) is 6.02. The Morgan fingerprint density at radius 2 is 2.13 bits per heavy atom. The average molecular weight is 228 g/mol. The number of methoxy groups -OCH3 is 1. The summed E-state index contributed by atoms with van der Waals surface area (Å²) in [5, 5.41) is 4.48. The van der Waals surface area contributed by atoms with Crippen LogP contribution < -0.4 is 5.32 Å². The highest BCUT2D eigenvalue weighted by molar-refractivity contribution is 7.11. The standard InChI is InChI=1S/C11H20N2OS/c1-7(6-14-5)10(12-4)11-13-8(2)9(3)15-11/h7,10,12H,6H2,1-5H3. The molecule has 15 heavy (non-hydrogen) atoms. The molecular weight excluding hydrogens is 208 g/mol. The van der Waals surface area contributed by atoms with E-state index >= 15 is 0 Å². The van der Waals surface area contributed by atoms with Crippen LogP contribution in [0.4, 0.5) is 0 Å². The molecule has 86 valence electrons. The summed E-state index contributed by atoms with van der Waals surface area (Å²) in [4.78, 5) is 5.89. The Labute approximate surface area is 95.9 Å². The molecule has 0 amide bonds. The zero-order valence-corrected chi connectivity index (χ0v) is 10.9. The smallest absolute Gasteiger partial charge is 0.110 e. The number of rotatable bonds is 5. The largest absolute Gasteiger partial charge is 0.384 e. The molecule has 2 unspecified atom stereocenters. The van der Waals surface area contributed by atoms with E-state index in [0.29, 0.717) is 12.0 Å². The number of hydrogen-bond acceptors (Lipinski definition) is 4. The zero-order valence-electron chi connectivity index (χ0n) is 10.1. The third-order valence-electron chi connectivity index (χ3n) is 2.62. The maximum absolute atomic E-state index is 5.18. The highest BCUT2D eigenvalue weighted by Gasteiger charge is 2.21. The molecule has 1 heterocycles. The van der Waals surface area contributed by atoms with Crippen LogP contribution >= 0.6 is 11.3 Å². The summed E-state index contributed by atoms with van der Waals surface area (Å²) in [6, 6.07) is 0.294. The third kappa shape index (κ3) is 3.00. The van der Waals surface area contributed by atoms with Crippen LogP contribution in [0.5, 0.6) is 0 Å². The van der Waals surface area contributed by atoms with Gasteiger partial charge in [-0.2, -0.15) is 0 Å². The molecule has 3 nitrogen and oxygen atoms in total. The summed E-state index contributed by atoms with van der Waals surface area (Å²) in [7, 11) is 3.71. The van der Waals surface area contributed by atoms with Crippen molar-refractivity contribution in [3.63, 3.8) is 0 Å². The van der Waals surface area contributed by atoms with Gasteiger partial charge in [-0.25, -0.2) is 4.98 Å². The predicted octanol–water partition coefficient (Wildman–Crippen LogP) is 2.30. The minimum Gasteiger partial charge on any atom is -0.384 e. The molecule has 0 fully saturated rings. The van der Waals surface area contributed by atoms with Gasteiger partial charge in [0.15, 0.2) is 0 Å². The molecule has 0 aliphatic carbocycles. The molecule has 4 heteroatoms. The first-order valence-electron chi connectivity index (χ1n) is 5.20.